The molecule has 0 unspecified atom stereocenters. The molecule has 0 saturated heterocycles. The highest BCUT2D eigenvalue weighted by molar-refractivity contribution is 5.30. The smallest absolute Gasteiger partial charge is 0.313 e. The molecule has 0 atom stereocenters. The molecule has 0 radical (unpaired) electrons. The van der Waals surface area contributed by atoms with Gasteiger partial charge >= 0.3 is 5.56 Å². The lowest BCUT2D eigenvalue weighted by Crippen LogP contribution is -2.23. The Morgan fingerprint density at radius 3 is 2.62 bits per heavy atom. The Bertz CT molecular complexity index is 633. The van der Waals surface area contributed by atoms with Gasteiger partial charge in [-0.15, -0.1) is 0 Å². The van der Waals surface area contributed by atoms with Gasteiger partial charge in [-0.3, -0.25) is 4.79 Å². The summed E-state index contributed by atoms with van der Waals surface area (Å²) in [6.07, 6.45) is 3.84. The molecule has 0 aliphatic rings. The van der Waals surface area contributed by atoms with Crippen LogP contribution in [0.4, 0.5) is 0 Å². The average molecular weight is 288 g/mol. The fourth-order valence-electron chi connectivity index (χ4n) is 2.00. The quantitative estimate of drug-likeness (QED) is 0.885. The van der Waals surface area contributed by atoms with E-state index in [0.29, 0.717) is 24.6 Å². The van der Waals surface area contributed by atoms with Crippen LogP contribution in [0.2, 0.25) is 0 Å². The molecule has 2 rings (SSSR count). The SMILES string of the molecule is CC(C)Cn1ccnc(Oc2ccc(CCO)cc2)c1=O. The molecule has 5 nitrogen and oxygen atoms in total. The van der Waals surface area contributed by atoms with Gasteiger partial charge in [-0.25, -0.2) is 4.98 Å². The first-order chi connectivity index (χ1) is 10.1. The van der Waals surface area contributed by atoms with Gasteiger partial charge in [0.15, 0.2) is 0 Å². The molecule has 1 N–H and O–H groups in total. The van der Waals surface area contributed by atoms with Crippen molar-refractivity contribution >= 4 is 0 Å². The van der Waals surface area contributed by atoms with Crippen LogP contribution in [0.15, 0.2) is 41.5 Å². The molecule has 0 amide bonds. The van der Waals surface area contributed by atoms with Crippen LogP contribution < -0.4 is 10.3 Å². The summed E-state index contributed by atoms with van der Waals surface area (Å²) in [6, 6.07) is 7.26. The van der Waals surface area contributed by atoms with Gasteiger partial charge in [-0.05, 0) is 30.0 Å². The number of ether oxygens (including phenoxy) is 1. The van der Waals surface area contributed by atoms with E-state index in [-0.39, 0.29) is 18.0 Å². The van der Waals surface area contributed by atoms with Crippen LogP contribution in [0.1, 0.15) is 19.4 Å². The van der Waals surface area contributed by atoms with E-state index in [1.165, 1.54) is 0 Å². The maximum absolute atomic E-state index is 12.2. The van der Waals surface area contributed by atoms with Crippen molar-refractivity contribution in [1.29, 1.82) is 0 Å². The van der Waals surface area contributed by atoms with E-state index in [2.05, 4.69) is 4.98 Å². The third-order valence-corrected chi connectivity index (χ3v) is 2.98. The summed E-state index contributed by atoms with van der Waals surface area (Å²) in [4.78, 5) is 16.2. The van der Waals surface area contributed by atoms with Gasteiger partial charge in [0.25, 0.3) is 5.88 Å². The Hall–Kier alpha value is -2.14. The van der Waals surface area contributed by atoms with Gasteiger partial charge in [-0.2, -0.15) is 0 Å². The second-order valence-corrected chi connectivity index (χ2v) is 5.30. The first kappa shape index (κ1) is 15.3. The lowest BCUT2D eigenvalue weighted by molar-refractivity contribution is 0.299. The van der Waals surface area contributed by atoms with Crippen LogP contribution in [0.5, 0.6) is 11.6 Å². The largest absolute Gasteiger partial charge is 0.435 e. The number of hydrogen-bond donors (Lipinski definition) is 1. The lowest BCUT2D eigenvalue weighted by atomic mass is 10.1. The maximum atomic E-state index is 12.2. The van der Waals surface area contributed by atoms with Crippen molar-refractivity contribution in [2.24, 2.45) is 5.92 Å². The van der Waals surface area contributed by atoms with Crippen molar-refractivity contribution in [3.8, 4) is 11.6 Å². The monoisotopic (exact) mass is 288 g/mol. The van der Waals surface area contributed by atoms with Crippen LogP contribution >= 0.6 is 0 Å². The molecule has 1 heterocycles. The molecule has 0 spiro atoms. The van der Waals surface area contributed by atoms with E-state index in [0.717, 1.165) is 5.56 Å². The fraction of sp³-hybridized carbons (Fsp3) is 0.375. The summed E-state index contributed by atoms with van der Waals surface area (Å²) in [5, 5.41) is 8.88. The van der Waals surface area contributed by atoms with E-state index in [1.54, 1.807) is 29.1 Å². The second kappa shape index (κ2) is 7.04. The van der Waals surface area contributed by atoms with Crippen LogP contribution in [0.25, 0.3) is 0 Å². The van der Waals surface area contributed by atoms with E-state index in [4.69, 9.17) is 9.84 Å². The van der Waals surface area contributed by atoms with Gasteiger partial charge in [0.1, 0.15) is 5.75 Å². The number of aliphatic hydroxyl groups is 1. The van der Waals surface area contributed by atoms with Crippen molar-refractivity contribution in [2.75, 3.05) is 6.61 Å². The lowest BCUT2D eigenvalue weighted by Gasteiger charge is -2.10. The maximum Gasteiger partial charge on any atom is 0.313 e. The molecular formula is C16H20N2O3. The second-order valence-electron chi connectivity index (χ2n) is 5.30. The van der Waals surface area contributed by atoms with Crippen LogP contribution in [0.3, 0.4) is 0 Å². The molecule has 112 valence electrons. The normalized spacial score (nSPS) is 10.9. The highest BCUT2D eigenvalue weighted by Gasteiger charge is 2.08. The Kier molecular flexibility index (Phi) is 5.11. The zero-order valence-corrected chi connectivity index (χ0v) is 12.3. The Morgan fingerprint density at radius 1 is 1.29 bits per heavy atom. The van der Waals surface area contributed by atoms with Gasteiger partial charge < -0.3 is 14.4 Å². The summed E-state index contributed by atoms with van der Waals surface area (Å²) < 4.78 is 7.16. The van der Waals surface area contributed by atoms with Crippen LogP contribution in [0, 0.1) is 5.92 Å². The minimum atomic E-state index is -0.231. The molecule has 2 aromatic rings. The number of aromatic nitrogens is 2. The van der Waals surface area contributed by atoms with Gasteiger partial charge in [0, 0.05) is 25.5 Å². The van der Waals surface area contributed by atoms with Gasteiger partial charge in [-0.1, -0.05) is 26.0 Å². The molecule has 0 aliphatic heterocycles. The summed E-state index contributed by atoms with van der Waals surface area (Å²) >= 11 is 0. The minimum absolute atomic E-state index is 0.0769. The van der Waals surface area contributed by atoms with Crippen LogP contribution in [-0.2, 0) is 13.0 Å². The van der Waals surface area contributed by atoms with Crippen LogP contribution in [-0.4, -0.2) is 21.3 Å². The number of nitrogens with zero attached hydrogens (tertiary/aromatic N) is 2. The molecule has 0 saturated carbocycles. The molecule has 0 aliphatic carbocycles. The molecule has 1 aromatic heterocycles. The molecule has 1 aromatic carbocycles. The molecular weight excluding hydrogens is 268 g/mol. The molecule has 0 bridgehead atoms. The van der Waals surface area contributed by atoms with E-state index in [1.807, 2.05) is 26.0 Å². The average Bonchev–Trinajstić information content (AvgIpc) is 2.45. The molecule has 0 fully saturated rings. The third kappa shape index (κ3) is 4.16. The first-order valence-corrected chi connectivity index (χ1v) is 7.03. The summed E-state index contributed by atoms with van der Waals surface area (Å²) in [5.74, 6) is 1.01. The standard InChI is InChI=1S/C16H20N2O3/c1-12(2)11-18-9-8-17-15(16(18)20)21-14-5-3-13(4-6-14)7-10-19/h3-6,8-9,12,19H,7,10-11H2,1-2H3. The van der Waals surface area contributed by atoms with Crippen molar-refractivity contribution in [1.82, 2.24) is 9.55 Å². The van der Waals surface area contributed by atoms with E-state index >= 15 is 0 Å². The summed E-state index contributed by atoms with van der Waals surface area (Å²) in [7, 11) is 0. The predicted octanol–water partition coefficient (Wildman–Crippen LogP) is 2.23. The summed E-state index contributed by atoms with van der Waals surface area (Å²) in [5.41, 5.74) is 0.786. The van der Waals surface area contributed by atoms with Crippen molar-refractivity contribution in [3.63, 3.8) is 0 Å². The highest BCUT2D eigenvalue weighted by atomic mass is 16.5. The Labute approximate surface area is 123 Å². The zero-order valence-electron chi connectivity index (χ0n) is 12.3. The number of hydrogen-bond acceptors (Lipinski definition) is 4. The number of rotatable bonds is 6. The molecule has 5 heteroatoms. The highest BCUT2D eigenvalue weighted by Crippen LogP contribution is 2.17. The summed E-state index contributed by atoms with van der Waals surface area (Å²) in [6.45, 7) is 4.84. The fourth-order valence-corrected chi connectivity index (χ4v) is 2.00. The Balaban J connectivity index is 2.17. The van der Waals surface area contributed by atoms with Gasteiger partial charge in [0.2, 0.25) is 0 Å². The topological polar surface area (TPSA) is 64.3 Å². The molecule has 21 heavy (non-hydrogen) atoms. The van der Waals surface area contributed by atoms with E-state index < -0.39 is 0 Å². The van der Waals surface area contributed by atoms with Crippen molar-refractivity contribution in [3.05, 3.63) is 52.6 Å². The minimum Gasteiger partial charge on any atom is -0.435 e. The van der Waals surface area contributed by atoms with E-state index in [9.17, 15) is 4.79 Å². The predicted molar refractivity (Wildman–Crippen MR) is 80.6 cm³/mol. The first-order valence-electron chi connectivity index (χ1n) is 7.03. The zero-order chi connectivity index (χ0) is 15.2. The third-order valence-electron chi connectivity index (χ3n) is 2.98. The number of benzene rings is 1. The van der Waals surface area contributed by atoms with Crippen molar-refractivity contribution < 1.29 is 9.84 Å². The van der Waals surface area contributed by atoms with Gasteiger partial charge in [0.05, 0.1) is 0 Å². The Morgan fingerprint density at radius 2 is 2.00 bits per heavy atom. The number of aliphatic hydroxyl groups excluding tert-OH is 1. The van der Waals surface area contributed by atoms with Crippen molar-refractivity contribution in [2.45, 2.75) is 26.8 Å².